The lowest BCUT2D eigenvalue weighted by Crippen LogP contribution is -2.29. The molecule has 3 aliphatic heterocycles. The lowest BCUT2D eigenvalue weighted by atomic mass is 9.90. The van der Waals surface area contributed by atoms with Gasteiger partial charge in [0.05, 0.1) is 7.11 Å². The van der Waals surface area contributed by atoms with Crippen LogP contribution >= 0.6 is 10.0 Å². The van der Waals surface area contributed by atoms with E-state index in [9.17, 15) is 18.0 Å². The molecule has 0 radical (unpaired) electrons. The maximum absolute atomic E-state index is 11.0. The smallest absolute Gasteiger partial charge is 0.462 e. The van der Waals surface area contributed by atoms with Gasteiger partial charge in [-0.05, 0) is 77.1 Å². The lowest BCUT2D eigenvalue weighted by Gasteiger charge is -2.39. The fourth-order valence-corrected chi connectivity index (χ4v) is 8.39. The van der Waals surface area contributed by atoms with Crippen molar-refractivity contribution in [2.75, 3.05) is 51.7 Å². The predicted octanol–water partition coefficient (Wildman–Crippen LogP) is 4.43. The number of alkyl halides is 3. The third kappa shape index (κ3) is 4.62. The van der Waals surface area contributed by atoms with E-state index in [1.807, 2.05) is 0 Å². The Morgan fingerprint density at radius 1 is 1.00 bits per heavy atom. The summed E-state index contributed by atoms with van der Waals surface area (Å²) in [5.41, 5.74) is 10.1. The maximum atomic E-state index is 11.0. The van der Waals surface area contributed by atoms with Gasteiger partial charge in [-0.3, -0.25) is 0 Å². The summed E-state index contributed by atoms with van der Waals surface area (Å²) in [7, 11) is 4.04. The second-order valence-electron chi connectivity index (χ2n) is 10.8. The number of carbonyl (C=O) groups is 1. The Morgan fingerprint density at radius 2 is 1.72 bits per heavy atom. The number of rotatable bonds is 1. The third-order valence-electron chi connectivity index (χ3n) is 8.09. The number of likely N-dealkylation sites (N-methyl/N-ethyl adjacent to an activating group) is 2. The molecule has 3 aliphatic rings. The van der Waals surface area contributed by atoms with E-state index in [2.05, 4.69) is 96.3 Å². The molecule has 0 aromatic heterocycles. The summed E-state index contributed by atoms with van der Waals surface area (Å²) >= 11 is 0. The summed E-state index contributed by atoms with van der Waals surface area (Å²) in [5, 5.41) is 2.91. The first-order valence-corrected chi connectivity index (χ1v) is 15.4. The van der Waals surface area contributed by atoms with Gasteiger partial charge in [-0.1, -0.05) is 24.3 Å². The van der Waals surface area contributed by atoms with E-state index in [-0.39, 0.29) is 0 Å². The van der Waals surface area contributed by atoms with E-state index >= 15 is 0 Å². The number of methoxy groups -OCH3 is 1. The van der Waals surface area contributed by atoms with E-state index < -0.39 is 22.2 Å². The number of anilines is 1. The van der Waals surface area contributed by atoms with E-state index in [1.54, 1.807) is 9.79 Å². The summed E-state index contributed by atoms with van der Waals surface area (Å²) < 4.78 is 38.7. The molecule has 8 heteroatoms. The highest BCUT2D eigenvalue weighted by molar-refractivity contribution is 8.32. The van der Waals surface area contributed by atoms with Crippen molar-refractivity contribution in [1.29, 1.82) is 0 Å². The van der Waals surface area contributed by atoms with Crippen LogP contribution in [-0.4, -0.2) is 59.0 Å². The van der Waals surface area contributed by atoms with Gasteiger partial charge in [0.25, 0.3) is 0 Å². The molecule has 39 heavy (non-hydrogen) atoms. The first-order valence-electron chi connectivity index (χ1n) is 12.9. The number of fused-ring (bicyclic) bond motifs is 4. The topological polar surface area (TPSA) is 32.5 Å². The van der Waals surface area contributed by atoms with Gasteiger partial charge in [-0.25, -0.2) is 9.37 Å². The molecule has 0 aliphatic carbocycles. The highest BCUT2D eigenvalue weighted by Crippen LogP contribution is 2.61. The zero-order valence-electron chi connectivity index (χ0n) is 23.2. The van der Waals surface area contributed by atoms with Crippen LogP contribution in [0, 0.1) is 6.92 Å². The fraction of sp³-hybridized carbons (Fsp3) is 0.355. The van der Waals surface area contributed by atoms with Gasteiger partial charge in [0, 0.05) is 47.1 Å². The summed E-state index contributed by atoms with van der Waals surface area (Å²) in [6, 6.07) is 19.1. The SMILES string of the molecule is COC(=O)C(F)(F)F.Cc1ccccc1C1=c2cc3c(cc2S(C)(C)c2cc4c(cc21)CCN4C)=[N+](C)CC3. The Morgan fingerprint density at radius 3 is 2.36 bits per heavy atom. The molecule has 0 fully saturated rings. The van der Waals surface area contributed by atoms with Gasteiger partial charge in [0.1, 0.15) is 13.6 Å². The summed E-state index contributed by atoms with van der Waals surface area (Å²) in [5.74, 6) is -2.17. The first kappa shape index (κ1) is 27.3. The molecule has 3 aromatic rings. The number of aryl methyl sites for hydroxylation is 1. The van der Waals surface area contributed by atoms with Crippen LogP contribution in [0.2, 0.25) is 0 Å². The highest BCUT2D eigenvalue weighted by Gasteiger charge is 2.40. The Kier molecular flexibility index (Phi) is 6.82. The average molecular weight is 556 g/mol. The fourth-order valence-electron chi connectivity index (χ4n) is 5.91. The van der Waals surface area contributed by atoms with Crippen LogP contribution in [0.4, 0.5) is 18.9 Å². The zero-order chi connectivity index (χ0) is 28.3. The summed E-state index contributed by atoms with van der Waals surface area (Å²) in [6.45, 7) is 4.51. The van der Waals surface area contributed by atoms with Crippen LogP contribution in [0.25, 0.3) is 5.57 Å². The van der Waals surface area contributed by atoms with Gasteiger partial charge in [0.2, 0.25) is 5.36 Å². The standard InChI is InChI=1S/C28H31N2S.C3H3F3O2/c1-18-8-6-7-9-21(18)28-22-14-19-10-12-29(2)24(19)16-26(22)31(4,5)27-17-25-20(15-23(27)28)11-13-30(25)3;1-8-2(7)3(4,5)6/h6-9,14-17H,10-13H2,1-5H3;1H3/q+1;. The minimum Gasteiger partial charge on any atom is -0.462 e. The van der Waals surface area contributed by atoms with Crippen LogP contribution < -0.4 is 20.1 Å². The Labute approximate surface area is 228 Å². The van der Waals surface area contributed by atoms with Crippen molar-refractivity contribution in [3.8, 4) is 0 Å². The first-order chi connectivity index (χ1) is 18.3. The molecule has 206 valence electrons. The van der Waals surface area contributed by atoms with E-state index in [1.165, 1.54) is 49.7 Å². The van der Waals surface area contributed by atoms with Crippen molar-refractivity contribution in [2.24, 2.45) is 0 Å². The summed E-state index contributed by atoms with van der Waals surface area (Å²) in [4.78, 5) is 15.0. The number of hydrogen-bond donors (Lipinski definition) is 0. The number of benzene rings is 3. The molecule has 3 heterocycles. The number of carbonyl (C=O) groups excluding carboxylic acids is 1. The minimum atomic E-state index is -4.85. The molecule has 0 saturated carbocycles. The van der Waals surface area contributed by atoms with Crippen LogP contribution in [0.1, 0.15) is 27.8 Å². The van der Waals surface area contributed by atoms with Crippen LogP contribution in [0.5, 0.6) is 0 Å². The Balaban J connectivity index is 0.000000339. The zero-order valence-corrected chi connectivity index (χ0v) is 24.0. The molecule has 0 spiro atoms. The Bertz CT molecular complexity index is 1630. The van der Waals surface area contributed by atoms with Crippen LogP contribution in [0.3, 0.4) is 0 Å². The van der Waals surface area contributed by atoms with Gasteiger partial charge in [-0.2, -0.15) is 23.2 Å². The van der Waals surface area contributed by atoms with Gasteiger partial charge in [-0.15, -0.1) is 0 Å². The normalized spacial score (nSPS) is 17.4. The molecule has 6 rings (SSSR count). The number of hydrogen-bond acceptors (Lipinski definition) is 3. The molecule has 0 amide bonds. The second-order valence-corrected chi connectivity index (χ2v) is 14.3. The van der Waals surface area contributed by atoms with Crippen molar-refractivity contribution in [3.05, 3.63) is 86.9 Å². The number of nitrogens with zero attached hydrogens (tertiary/aromatic N) is 2. The second kappa shape index (κ2) is 9.73. The van der Waals surface area contributed by atoms with Crippen molar-refractivity contribution in [1.82, 2.24) is 4.58 Å². The predicted molar refractivity (Wildman–Crippen MR) is 152 cm³/mol. The molecule has 0 atom stereocenters. The van der Waals surface area contributed by atoms with Gasteiger partial charge in [0.15, 0.2) is 0 Å². The van der Waals surface area contributed by atoms with E-state index in [0.29, 0.717) is 7.11 Å². The molecule has 0 saturated heterocycles. The van der Waals surface area contributed by atoms with E-state index in [4.69, 9.17) is 0 Å². The largest absolute Gasteiger partial charge is 0.490 e. The number of halogens is 3. The molecule has 3 aromatic carbocycles. The Hall–Kier alpha value is -3.26. The molecule has 0 N–H and O–H groups in total. The van der Waals surface area contributed by atoms with Crippen molar-refractivity contribution >= 4 is 27.3 Å². The highest BCUT2D eigenvalue weighted by atomic mass is 32.3. The third-order valence-corrected chi connectivity index (χ3v) is 11.0. The van der Waals surface area contributed by atoms with Crippen molar-refractivity contribution < 1.29 is 22.7 Å². The van der Waals surface area contributed by atoms with Crippen molar-refractivity contribution in [2.45, 2.75) is 35.7 Å². The molecule has 4 nitrogen and oxygen atoms in total. The minimum absolute atomic E-state index is 0.676. The molecule has 0 bridgehead atoms. The average Bonchev–Trinajstić information content (AvgIpc) is 3.44. The van der Waals surface area contributed by atoms with E-state index in [0.717, 1.165) is 25.9 Å². The quantitative estimate of drug-likeness (QED) is 0.329. The van der Waals surface area contributed by atoms with Gasteiger partial charge < -0.3 is 9.64 Å². The summed E-state index contributed by atoms with van der Waals surface area (Å²) in [6.07, 6.45) is 2.45. The van der Waals surface area contributed by atoms with Crippen LogP contribution in [-0.2, 0) is 22.4 Å². The molecular weight excluding hydrogens is 521 g/mol. The van der Waals surface area contributed by atoms with Crippen molar-refractivity contribution in [3.63, 3.8) is 0 Å². The van der Waals surface area contributed by atoms with Crippen LogP contribution in [0.15, 0.2) is 58.3 Å². The maximum Gasteiger partial charge on any atom is 0.490 e. The molecular formula is C31H34F3N2O2S+. The molecule has 0 unspecified atom stereocenters. The number of esters is 1. The number of ether oxygens (including phenoxy) is 1. The lowest BCUT2D eigenvalue weighted by molar-refractivity contribution is -0.196. The monoisotopic (exact) mass is 555 g/mol. The van der Waals surface area contributed by atoms with Gasteiger partial charge >= 0.3 is 12.1 Å².